The van der Waals surface area contributed by atoms with E-state index in [4.69, 9.17) is 10.5 Å². The van der Waals surface area contributed by atoms with E-state index in [0.29, 0.717) is 11.3 Å². The summed E-state index contributed by atoms with van der Waals surface area (Å²) in [7, 11) is 1.52. The number of rotatable bonds is 5. The molecule has 0 saturated carbocycles. The average molecular weight is 248 g/mol. The molecule has 1 atom stereocenters. The van der Waals surface area contributed by atoms with E-state index in [9.17, 15) is 4.39 Å². The molecule has 2 nitrogen and oxygen atoms in total. The van der Waals surface area contributed by atoms with Crippen LogP contribution in [-0.4, -0.2) is 7.11 Å². The summed E-state index contributed by atoms with van der Waals surface area (Å²) >= 11 is 0. The Hall–Kier alpha value is -0.800. The summed E-state index contributed by atoms with van der Waals surface area (Å²) in [5.74, 6) is 0.247. The van der Waals surface area contributed by atoms with Crippen LogP contribution in [0.5, 0.6) is 5.75 Å². The second-order valence-corrected chi connectivity index (χ2v) is 3.64. The van der Waals surface area contributed by atoms with E-state index < -0.39 is 0 Å². The fourth-order valence-electron chi connectivity index (χ4n) is 1.52. The molecule has 0 amide bonds. The topological polar surface area (TPSA) is 35.2 Å². The Labute approximate surface area is 102 Å². The number of unbranched alkanes of at least 4 members (excludes halogenated alkanes) is 1. The second kappa shape index (κ2) is 7.47. The maximum atomic E-state index is 13.6. The maximum absolute atomic E-state index is 13.6. The summed E-state index contributed by atoms with van der Waals surface area (Å²) in [5, 5.41) is 0. The minimum Gasteiger partial charge on any atom is -0.497 e. The third-order valence-corrected chi connectivity index (χ3v) is 2.48. The van der Waals surface area contributed by atoms with Gasteiger partial charge in [-0.1, -0.05) is 25.8 Å². The Morgan fingerprint density at radius 3 is 2.62 bits per heavy atom. The van der Waals surface area contributed by atoms with Gasteiger partial charge in [0, 0.05) is 17.7 Å². The molecule has 0 unspecified atom stereocenters. The predicted molar refractivity (Wildman–Crippen MR) is 66.7 cm³/mol. The lowest BCUT2D eigenvalue weighted by atomic mass is 10.0. The van der Waals surface area contributed by atoms with Gasteiger partial charge in [0.1, 0.15) is 11.6 Å². The fourth-order valence-corrected chi connectivity index (χ4v) is 1.52. The van der Waals surface area contributed by atoms with E-state index in [1.807, 2.05) is 0 Å². The second-order valence-electron chi connectivity index (χ2n) is 3.64. The van der Waals surface area contributed by atoms with E-state index >= 15 is 0 Å². The first-order chi connectivity index (χ1) is 7.19. The molecule has 0 aliphatic rings. The lowest BCUT2D eigenvalue weighted by molar-refractivity contribution is 0.410. The van der Waals surface area contributed by atoms with Crippen molar-refractivity contribution in [3.8, 4) is 5.75 Å². The zero-order valence-corrected chi connectivity index (χ0v) is 10.5. The number of ether oxygens (including phenoxy) is 1. The number of hydrogen-bond acceptors (Lipinski definition) is 2. The van der Waals surface area contributed by atoms with Gasteiger partial charge in [0.05, 0.1) is 7.11 Å². The lowest BCUT2D eigenvalue weighted by Crippen LogP contribution is -2.12. The summed E-state index contributed by atoms with van der Waals surface area (Å²) in [5.41, 5.74) is 6.47. The van der Waals surface area contributed by atoms with Crippen LogP contribution in [-0.2, 0) is 0 Å². The van der Waals surface area contributed by atoms with Crippen LogP contribution in [0.4, 0.5) is 4.39 Å². The van der Waals surface area contributed by atoms with Crippen molar-refractivity contribution in [2.75, 3.05) is 7.11 Å². The minimum absolute atomic E-state index is 0. The quantitative estimate of drug-likeness (QED) is 0.865. The van der Waals surface area contributed by atoms with Gasteiger partial charge in [0.25, 0.3) is 0 Å². The van der Waals surface area contributed by atoms with Gasteiger partial charge in [-0.2, -0.15) is 0 Å². The molecule has 0 aliphatic carbocycles. The molecular weight excluding hydrogens is 229 g/mol. The number of benzene rings is 1. The molecule has 2 N–H and O–H groups in total. The third kappa shape index (κ3) is 3.99. The Morgan fingerprint density at radius 2 is 2.12 bits per heavy atom. The number of nitrogens with two attached hydrogens (primary N) is 1. The van der Waals surface area contributed by atoms with Crippen LogP contribution in [0.1, 0.15) is 37.8 Å². The van der Waals surface area contributed by atoms with E-state index in [-0.39, 0.29) is 24.3 Å². The first-order valence-electron chi connectivity index (χ1n) is 5.28. The first kappa shape index (κ1) is 15.2. The summed E-state index contributed by atoms with van der Waals surface area (Å²) in [6, 6.07) is 4.61. The van der Waals surface area contributed by atoms with Crippen molar-refractivity contribution < 1.29 is 9.13 Å². The van der Waals surface area contributed by atoms with Crippen molar-refractivity contribution in [2.24, 2.45) is 5.73 Å². The molecule has 0 aliphatic heterocycles. The zero-order chi connectivity index (χ0) is 11.3. The van der Waals surface area contributed by atoms with E-state index in [1.165, 1.54) is 13.2 Å². The molecule has 0 saturated heterocycles. The molecule has 1 aromatic carbocycles. The molecule has 16 heavy (non-hydrogen) atoms. The molecule has 1 aromatic rings. The Morgan fingerprint density at radius 1 is 1.44 bits per heavy atom. The monoisotopic (exact) mass is 247 g/mol. The van der Waals surface area contributed by atoms with E-state index in [2.05, 4.69) is 6.92 Å². The van der Waals surface area contributed by atoms with Gasteiger partial charge >= 0.3 is 0 Å². The standard InChI is InChI=1S/C12H18FNO.ClH/c1-3-4-5-12(14)10-7-6-9(15-2)8-11(10)13;/h6-8,12H,3-5,14H2,1-2H3;1H/t12-;/m0./s1. The van der Waals surface area contributed by atoms with Gasteiger partial charge in [-0.25, -0.2) is 4.39 Å². The molecule has 0 heterocycles. The van der Waals surface area contributed by atoms with Crippen molar-refractivity contribution in [2.45, 2.75) is 32.2 Å². The molecule has 0 radical (unpaired) electrons. The molecule has 4 heteroatoms. The van der Waals surface area contributed by atoms with Crippen LogP contribution >= 0.6 is 12.4 Å². The van der Waals surface area contributed by atoms with E-state index in [1.54, 1.807) is 12.1 Å². The average Bonchev–Trinajstić information content (AvgIpc) is 2.25. The van der Waals surface area contributed by atoms with Gasteiger partial charge in [0.15, 0.2) is 0 Å². The van der Waals surface area contributed by atoms with Gasteiger partial charge in [-0.3, -0.25) is 0 Å². The normalized spacial score (nSPS) is 11.8. The van der Waals surface area contributed by atoms with Crippen molar-refractivity contribution in [1.29, 1.82) is 0 Å². The summed E-state index contributed by atoms with van der Waals surface area (Å²) in [4.78, 5) is 0. The van der Waals surface area contributed by atoms with Crippen molar-refractivity contribution in [1.82, 2.24) is 0 Å². The van der Waals surface area contributed by atoms with Crippen LogP contribution in [0.15, 0.2) is 18.2 Å². The van der Waals surface area contributed by atoms with Gasteiger partial charge in [-0.15, -0.1) is 12.4 Å². The highest BCUT2D eigenvalue weighted by Gasteiger charge is 2.11. The molecular formula is C12H19ClFNO. The number of halogens is 2. The maximum Gasteiger partial charge on any atom is 0.131 e. The number of methoxy groups -OCH3 is 1. The fraction of sp³-hybridized carbons (Fsp3) is 0.500. The minimum atomic E-state index is -0.280. The van der Waals surface area contributed by atoms with Crippen LogP contribution in [0.25, 0.3) is 0 Å². The van der Waals surface area contributed by atoms with Crippen LogP contribution in [0.3, 0.4) is 0 Å². The molecule has 0 bridgehead atoms. The smallest absolute Gasteiger partial charge is 0.131 e. The van der Waals surface area contributed by atoms with Crippen LogP contribution in [0, 0.1) is 5.82 Å². The Kier molecular flexibility index (Phi) is 7.10. The molecule has 92 valence electrons. The van der Waals surface area contributed by atoms with Crippen molar-refractivity contribution >= 4 is 12.4 Å². The SMILES string of the molecule is CCCC[C@H](N)c1ccc(OC)cc1F.Cl. The number of hydrogen-bond donors (Lipinski definition) is 1. The van der Waals surface area contributed by atoms with E-state index in [0.717, 1.165) is 19.3 Å². The highest BCUT2D eigenvalue weighted by atomic mass is 35.5. The highest BCUT2D eigenvalue weighted by molar-refractivity contribution is 5.85. The van der Waals surface area contributed by atoms with Crippen LogP contribution in [0.2, 0.25) is 0 Å². The Balaban J connectivity index is 0.00000225. The van der Waals surface area contributed by atoms with Gasteiger partial charge in [-0.05, 0) is 12.5 Å². The zero-order valence-electron chi connectivity index (χ0n) is 9.70. The lowest BCUT2D eigenvalue weighted by Gasteiger charge is -2.13. The van der Waals surface area contributed by atoms with Crippen LogP contribution < -0.4 is 10.5 Å². The molecule has 0 fully saturated rings. The predicted octanol–water partition coefficient (Wildman–Crippen LogP) is 3.45. The third-order valence-electron chi connectivity index (χ3n) is 2.48. The van der Waals surface area contributed by atoms with Crippen molar-refractivity contribution in [3.05, 3.63) is 29.6 Å². The molecule has 1 rings (SSSR count). The van der Waals surface area contributed by atoms with Crippen molar-refractivity contribution in [3.63, 3.8) is 0 Å². The summed E-state index contributed by atoms with van der Waals surface area (Å²) in [6.07, 6.45) is 2.91. The summed E-state index contributed by atoms with van der Waals surface area (Å²) in [6.45, 7) is 2.09. The highest BCUT2D eigenvalue weighted by Crippen LogP contribution is 2.23. The first-order valence-corrected chi connectivity index (χ1v) is 5.28. The van der Waals surface area contributed by atoms with Gasteiger partial charge < -0.3 is 10.5 Å². The Bertz CT molecular complexity index is 320. The summed E-state index contributed by atoms with van der Waals surface area (Å²) < 4.78 is 18.5. The van der Waals surface area contributed by atoms with Gasteiger partial charge in [0.2, 0.25) is 0 Å². The largest absolute Gasteiger partial charge is 0.497 e. The molecule has 0 aromatic heterocycles. The molecule has 0 spiro atoms.